The Balaban J connectivity index is 1.47. The van der Waals surface area contributed by atoms with E-state index in [-0.39, 0.29) is 37.4 Å². The molecule has 2 fully saturated rings. The lowest BCUT2D eigenvalue weighted by Crippen LogP contribution is -2.56. The fourth-order valence-corrected chi connectivity index (χ4v) is 6.69. The molecule has 6 rings (SSSR count). The summed E-state index contributed by atoms with van der Waals surface area (Å²) >= 11 is 6.07. The first kappa shape index (κ1) is 24.9. The number of nitrogens with zero attached hydrogens (tertiary/aromatic N) is 3. The van der Waals surface area contributed by atoms with E-state index in [1.165, 1.54) is 4.90 Å². The van der Waals surface area contributed by atoms with Crippen molar-refractivity contribution in [2.45, 2.75) is 24.2 Å². The molecular weight excluding hydrogens is 506 g/mol. The van der Waals surface area contributed by atoms with Crippen molar-refractivity contribution >= 4 is 40.7 Å². The zero-order valence-electron chi connectivity index (χ0n) is 20.9. The Kier molecular flexibility index (Phi) is 5.94. The molecule has 4 aliphatic rings. The molecule has 2 aromatic carbocycles. The van der Waals surface area contributed by atoms with Crippen LogP contribution in [0.25, 0.3) is 0 Å². The van der Waals surface area contributed by atoms with Gasteiger partial charge in [0.1, 0.15) is 11.6 Å². The number of carbonyl (C=O) groups is 3. The Hall–Kier alpha value is -3.46. The molecule has 38 heavy (non-hydrogen) atoms. The number of likely N-dealkylation sites (tertiary alicyclic amines) is 1. The number of para-hydroxylation sites is 1. The number of anilines is 2. The molecule has 0 saturated carbocycles. The number of β-amino-alcohol motifs (C(OH)–C–C–N with tert-alkyl or cyclic N) is 1. The van der Waals surface area contributed by atoms with Gasteiger partial charge in [0.05, 0.1) is 24.0 Å². The molecule has 5 atom stereocenters. The van der Waals surface area contributed by atoms with Gasteiger partial charge in [-0.05, 0) is 43.3 Å². The van der Waals surface area contributed by atoms with Crippen LogP contribution in [0.2, 0.25) is 5.02 Å². The van der Waals surface area contributed by atoms with Crippen molar-refractivity contribution in [3.8, 4) is 0 Å². The summed E-state index contributed by atoms with van der Waals surface area (Å²) in [6.07, 6.45) is 7.36. The lowest BCUT2D eigenvalue weighted by Gasteiger charge is -2.37. The average Bonchev–Trinajstić information content (AvgIpc) is 3.16. The van der Waals surface area contributed by atoms with Crippen LogP contribution in [0.1, 0.15) is 6.92 Å². The lowest BCUT2D eigenvalue weighted by atomic mass is 9.74. The molecule has 4 heterocycles. The second kappa shape index (κ2) is 9.08. The summed E-state index contributed by atoms with van der Waals surface area (Å²) in [6, 6.07) is 15.2. The van der Waals surface area contributed by atoms with Crippen LogP contribution in [0.5, 0.6) is 0 Å². The minimum Gasteiger partial charge on any atom is -0.395 e. The second-order valence-corrected chi connectivity index (χ2v) is 10.7. The van der Waals surface area contributed by atoms with E-state index in [4.69, 9.17) is 16.3 Å². The normalized spacial score (nSPS) is 32.2. The Morgan fingerprint density at radius 3 is 2.18 bits per heavy atom. The van der Waals surface area contributed by atoms with Crippen LogP contribution in [0.3, 0.4) is 0 Å². The van der Waals surface area contributed by atoms with E-state index in [0.717, 1.165) is 5.69 Å². The number of amides is 3. The van der Waals surface area contributed by atoms with Crippen LogP contribution < -0.4 is 9.80 Å². The van der Waals surface area contributed by atoms with Crippen LogP contribution in [0.15, 0.2) is 78.9 Å². The number of aliphatic hydroxyl groups excluding tert-OH is 1. The highest BCUT2D eigenvalue weighted by atomic mass is 35.5. The van der Waals surface area contributed by atoms with Crippen LogP contribution in [-0.2, 0) is 19.1 Å². The average molecular weight is 534 g/mol. The summed E-state index contributed by atoms with van der Waals surface area (Å²) in [5, 5.41) is 10.4. The lowest BCUT2D eigenvalue weighted by molar-refractivity contribution is -0.144. The molecule has 2 aromatic rings. The number of fused-ring (bicyclic) bond motifs is 2. The quantitative estimate of drug-likeness (QED) is 0.610. The second-order valence-electron chi connectivity index (χ2n) is 10.3. The van der Waals surface area contributed by atoms with E-state index in [9.17, 15) is 19.5 Å². The third-order valence-corrected chi connectivity index (χ3v) is 8.36. The van der Waals surface area contributed by atoms with Gasteiger partial charge in [0.2, 0.25) is 11.8 Å². The summed E-state index contributed by atoms with van der Waals surface area (Å²) in [6.45, 7) is 2.05. The third-order valence-electron chi connectivity index (χ3n) is 8.10. The molecule has 9 heteroatoms. The zero-order chi connectivity index (χ0) is 26.7. The molecule has 0 radical (unpaired) electrons. The first-order valence-electron chi connectivity index (χ1n) is 12.7. The van der Waals surface area contributed by atoms with Crippen LogP contribution in [-0.4, -0.2) is 71.2 Å². The Morgan fingerprint density at radius 1 is 0.868 bits per heavy atom. The smallest absolute Gasteiger partial charge is 0.253 e. The minimum atomic E-state index is -1.37. The molecule has 1 unspecified atom stereocenters. The van der Waals surface area contributed by atoms with Crippen molar-refractivity contribution in [3.05, 3.63) is 83.9 Å². The van der Waals surface area contributed by atoms with Crippen LogP contribution in [0.4, 0.5) is 11.4 Å². The SMILES string of the molecule is C[C@@]12C=CCN(c3ccccc3)C(=O)[C@@H]1[C@H]1C(=O)N(CCO)C3C(=O)N(c4ccc(Cl)cc4)CC=C[C@@]31O2. The Bertz CT molecular complexity index is 1350. The molecule has 8 nitrogen and oxygen atoms in total. The van der Waals surface area contributed by atoms with Crippen molar-refractivity contribution in [2.24, 2.45) is 11.8 Å². The van der Waals surface area contributed by atoms with Gasteiger partial charge in [0.25, 0.3) is 5.91 Å². The summed E-state index contributed by atoms with van der Waals surface area (Å²) in [5.74, 6) is -2.73. The first-order valence-corrected chi connectivity index (χ1v) is 13.1. The monoisotopic (exact) mass is 533 g/mol. The van der Waals surface area contributed by atoms with Gasteiger partial charge >= 0.3 is 0 Å². The molecule has 0 bridgehead atoms. The predicted octanol–water partition coefficient (Wildman–Crippen LogP) is 2.81. The number of hydrogen-bond acceptors (Lipinski definition) is 5. The van der Waals surface area contributed by atoms with E-state index < -0.39 is 29.1 Å². The van der Waals surface area contributed by atoms with Gasteiger partial charge in [0, 0.05) is 36.0 Å². The molecule has 196 valence electrons. The number of benzene rings is 2. The van der Waals surface area contributed by atoms with E-state index in [1.807, 2.05) is 55.5 Å². The fourth-order valence-electron chi connectivity index (χ4n) is 6.56. The van der Waals surface area contributed by atoms with Crippen LogP contribution in [0, 0.1) is 11.8 Å². The van der Waals surface area contributed by atoms with Crippen LogP contribution >= 0.6 is 11.6 Å². The maximum absolute atomic E-state index is 14.2. The molecule has 0 aliphatic carbocycles. The van der Waals surface area contributed by atoms with Crippen molar-refractivity contribution in [2.75, 3.05) is 36.0 Å². The highest BCUT2D eigenvalue weighted by Crippen LogP contribution is 2.57. The number of carbonyl (C=O) groups excluding carboxylic acids is 3. The van der Waals surface area contributed by atoms with Gasteiger partial charge in [-0.3, -0.25) is 14.4 Å². The van der Waals surface area contributed by atoms with Crippen molar-refractivity contribution in [3.63, 3.8) is 0 Å². The molecular formula is C29H28ClN3O5. The molecule has 3 amide bonds. The molecule has 1 N–H and O–H groups in total. The number of ether oxygens (including phenoxy) is 1. The summed E-state index contributed by atoms with van der Waals surface area (Å²) in [4.78, 5) is 47.1. The maximum Gasteiger partial charge on any atom is 0.253 e. The largest absolute Gasteiger partial charge is 0.395 e. The van der Waals surface area contributed by atoms with Gasteiger partial charge in [-0.25, -0.2) is 0 Å². The number of hydrogen-bond donors (Lipinski definition) is 1. The number of aliphatic hydroxyl groups is 1. The highest BCUT2D eigenvalue weighted by molar-refractivity contribution is 6.30. The molecule has 2 saturated heterocycles. The fraction of sp³-hybridized carbons (Fsp3) is 0.345. The summed E-state index contributed by atoms with van der Waals surface area (Å²) < 4.78 is 6.77. The van der Waals surface area contributed by atoms with E-state index in [0.29, 0.717) is 17.3 Å². The standard InChI is InChI=1S/C29H28ClN3O5/c1-28-13-5-15-31(20-7-3-2-4-8-20)25(35)22(28)23-26(36)33(17-18-34)24-27(37)32(16-6-14-29(23,24)38-28)21-11-9-19(30)10-12-21/h2-14,22-24,34H,15-18H2,1H3/t22-,23-,24?,28+,29-/m0/s1. The third kappa shape index (κ3) is 3.55. The Labute approximate surface area is 225 Å². The number of rotatable bonds is 4. The van der Waals surface area contributed by atoms with E-state index in [1.54, 1.807) is 40.1 Å². The minimum absolute atomic E-state index is 0.0466. The highest BCUT2D eigenvalue weighted by Gasteiger charge is 2.74. The van der Waals surface area contributed by atoms with Gasteiger partial charge in [-0.1, -0.05) is 54.1 Å². The van der Waals surface area contributed by atoms with Gasteiger partial charge in [0.15, 0.2) is 0 Å². The zero-order valence-corrected chi connectivity index (χ0v) is 21.6. The first-order chi connectivity index (χ1) is 18.3. The topological polar surface area (TPSA) is 90.4 Å². The van der Waals surface area contributed by atoms with Gasteiger partial charge < -0.3 is 24.5 Å². The Morgan fingerprint density at radius 2 is 1.50 bits per heavy atom. The molecule has 4 aliphatic heterocycles. The molecule has 1 spiro atoms. The van der Waals surface area contributed by atoms with Gasteiger partial charge in [-0.2, -0.15) is 0 Å². The van der Waals surface area contributed by atoms with E-state index >= 15 is 0 Å². The van der Waals surface area contributed by atoms with Crippen molar-refractivity contribution < 1.29 is 24.2 Å². The summed E-state index contributed by atoms with van der Waals surface area (Å²) in [7, 11) is 0. The maximum atomic E-state index is 14.2. The van der Waals surface area contributed by atoms with Crippen molar-refractivity contribution in [1.82, 2.24) is 4.90 Å². The van der Waals surface area contributed by atoms with E-state index in [2.05, 4.69) is 0 Å². The van der Waals surface area contributed by atoms with Crippen molar-refractivity contribution in [1.29, 1.82) is 0 Å². The summed E-state index contributed by atoms with van der Waals surface area (Å²) in [5.41, 5.74) is -1.12. The molecule has 0 aromatic heterocycles. The van der Waals surface area contributed by atoms with Gasteiger partial charge in [-0.15, -0.1) is 0 Å². The predicted molar refractivity (Wildman–Crippen MR) is 143 cm³/mol. The number of halogens is 1.